The van der Waals surface area contributed by atoms with Gasteiger partial charge in [0.15, 0.2) is 11.5 Å². The highest BCUT2D eigenvalue weighted by atomic mass is 16.7. The minimum Gasteiger partial charge on any atom is -0.486 e. The molecule has 4 rings (SSSR count). The monoisotopic (exact) mass is 287 g/mol. The summed E-state index contributed by atoms with van der Waals surface area (Å²) in [5, 5.41) is 3.55. The Morgan fingerprint density at radius 3 is 2.76 bits per heavy atom. The molecule has 4 heteroatoms. The van der Waals surface area contributed by atoms with Crippen LogP contribution in [-0.4, -0.2) is 18.9 Å². The minimum atomic E-state index is 0.179. The van der Waals surface area contributed by atoms with E-state index in [0.29, 0.717) is 12.8 Å². The number of hydrogen-bond acceptors (Lipinski definition) is 4. The van der Waals surface area contributed by atoms with Crippen LogP contribution in [0.25, 0.3) is 0 Å². The van der Waals surface area contributed by atoms with Gasteiger partial charge in [0, 0.05) is 24.2 Å². The zero-order valence-corrected chi connectivity index (χ0v) is 12.1. The maximum Gasteiger partial charge on any atom is 0.231 e. The van der Waals surface area contributed by atoms with Crippen molar-refractivity contribution in [1.29, 1.82) is 0 Å². The molecule has 21 heavy (non-hydrogen) atoms. The fraction of sp³-hybridized carbons (Fsp3) is 0.529. The molecular weight excluding hydrogens is 266 g/mol. The SMILES string of the molecule is C1=CC(Oc2cc3c(cc2CNC2CC2)OCO3)CCC1. The van der Waals surface area contributed by atoms with Crippen LogP contribution in [0, 0.1) is 0 Å². The number of benzene rings is 1. The van der Waals surface area contributed by atoms with Crippen molar-refractivity contribution in [3.63, 3.8) is 0 Å². The van der Waals surface area contributed by atoms with Crippen LogP contribution >= 0.6 is 0 Å². The van der Waals surface area contributed by atoms with Crippen molar-refractivity contribution < 1.29 is 14.2 Å². The average molecular weight is 287 g/mol. The van der Waals surface area contributed by atoms with Gasteiger partial charge in [0.25, 0.3) is 0 Å². The molecule has 112 valence electrons. The first-order chi connectivity index (χ1) is 10.4. The molecular formula is C17H21NO3. The van der Waals surface area contributed by atoms with E-state index in [1.807, 2.05) is 6.07 Å². The molecule has 1 N–H and O–H groups in total. The zero-order valence-electron chi connectivity index (χ0n) is 12.1. The molecule has 3 aliphatic rings. The average Bonchev–Trinajstić information content (AvgIpc) is 3.23. The first kappa shape index (κ1) is 13.0. The number of fused-ring (bicyclic) bond motifs is 1. The number of nitrogens with one attached hydrogen (secondary N) is 1. The molecule has 0 spiro atoms. The van der Waals surface area contributed by atoms with Crippen molar-refractivity contribution in [3.8, 4) is 17.2 Å². The topological polar surface area (TPSA) is 39.7 Å². The van der Waals surface area contributed by atoms with Gasteiger partial charge in [0.2, 0.25) is 6.79 Å². The van der Waals surface area contributed by atoms with Gasteiger partial charge in [0.1, 0.15) is 11.9 Å². The summed E-state index contributed by atoms with van der Waals surface area (Å²) in [5.41, 5.74) is 1.16. The van der Waals surface area contributed by atoms with Crippen LogP contribution in [0.2, 0.25) is 0 Å². The van der Waals surface area contributed by atoms with Gasteiger partial charge in [-0.3, -0.25) is 0 Å². The van der Waals surface area contributed by atoms with Crippen molar-refractivity contribution in [2.45, 2.75) is 50.8 Å². The standard InChI is InChI=1S/C17H21NO3/c1-2-4-14(5-3-1)21-15-9-17-16(19-11-20-17)8-12(15)10-18-13-6-7-13/h2,4,8-9,13-14,18H,1,3,5-7,10-11H2. The zero-order chi connectivity index (χ0) is 14.1. The molecule has 1 unspecified atom stereocenters. The molecule has 1 saturated carbocycles. The Bertz CT molecular complexity index is 551. The molecule has 1 atom stereocenters. The fourth-order valence-electron chi connectivity index (χ4n) is 2.80. The summed E-state index contributed by atoms with van der Waals surface area (Å²) in [4.78, 5) is 0. The number of ether oxygens (including phenoxy) is 3. The number of hydrogen-bond donors (Lipinski definition) is 1. The number of rotatable bonds is 5. The lowest BCUT2D eigenvalue weighted by molar-refractivity contribution is 0.173. The second kappa shape index (κ2) is 5.60. The van der Waals surface area contributed by atoms with Crippen LogP contribution < -0.4 is 19.5 Å². The Morgan fingerprint density at radius 2 is 2.00 bits per heavy atom. The molecule has 2 aliphatic carbocycles. The lowest BCUT2D eigenvalue weighted by Crippen LogP contribution is -2.19. The van der Waals surface area contributed by atoms with Gasteiger partial charge in [-0.25, -0.2) is 0 Å². The van der Waals surface area contributed by atoms with Crippen molar-refractivity contribution in [3.05, 3.63) is 29.8 Å². The van der Waals surface area contributed by atoms with Gasteiger partial charge in [-0.2, -0.15) is 0 Å². The van der Waals surface area contributed by atoms with E-state index in [4.69, 9.17) is 14.2 Å². The highest BCUT2D eigenvalue weighted by Gasteiger charge is 2.23. The summed E-state index contributed by atoms with van der Waals surface area (Å²) in [6.07, 6.45) is 10.6. The molecule has 1 aromatic rings. The quantitative estimate of drug-likeness (QED) is 0.845. The molecule has 4 nitrogen and oxygen atoms in total. The van der Waals surface area contributed by atoms with E-state index >= 15 is 0 Å². The first-order valence-corrected chi connectivity index (χ1v) is 7.88. The predicted molar refractivity (Wildman–Crippen MR) is 79.8 cm³/mol. The van der Waals surface area contributed by atoms with Gasteiger partial charge >= 0.3 is 0 Å². The highest BCUT2D eigenvalue weighted by Crippen LogP contribution is 2.39. The molecule has 1 aliphatic heterocycles. The molecule has 0 saturated heterocycles. The van der Waals surface area contributed by atoms with Crippen LogP contribution in [0.1, 0.15) is 37.7 Å². The van der Waals surface area contributed by atoms with Gasteiger partial charge < -0.3 is 19.5 Å². The van der Waals surface area contributed by atoms with Gasteiger partial charge in [0.05, 0.1) is 0 Å². The molecule has 0 aromatic heterocycles. The number of allylic oxidation sites excluding steroid dienone is 1. The fourth-order valence-corrected chi connectivity index (χ4v) is 2.80. The first-order valence-electron chi connectivity index (χ1n) is 7.88. The maximum absolute atomic E-state index is 6.20. The maximum atomic E-state index is 6.20. The second-order valence-electron chi connectivity index (χ2n) is 5.98. The van der Waals surface area contributed by atoms with E-state index in [0.717, 1.165) is 42.2 Å². The van der Waals surface area contributed by atoms with Crippen molar-refractivity contribution in [2.75, 3.05) is 6.79 Å². The third kappa shape index (κ3) is 3.00. The van der Waals surface area contributed by atoms with Crippen LogP contribution in [0.5, 0.6) is 17.2 Å². The van der Waals surface area contributed by atoms with Crippen LogP contribution in [0.4, 0.5) is 0 Å². The van der Waals surface area contributed by atoms with Gasteiger partial charge in [-0.1, -0.05) is 6.08 Å². The lowest BCUT2D eigenvalue weighted by atomic mass is 10.1. The Hall–Kier alpha value is -1.68. The van der Waals surface area contributed by atoms with Crippen LogP contribution in [0.15, 0.2) is 24.3 Å². The molecule has 0 radical (unpaired) electrons. The molecule has 1 heterocycles. The normalized spacial score (nSPS) is 23.3. The van der Waals surface area contributed by atoms with E-state index in [2.05, 4.69) is 23.5 Å². The van der Waals surface area contributed by atoms with Crippen LogP contribution in [0.3, 0.4) is 0 Å². The lowest BCUT2D eigenvalue weighted by Gasteiger charge is -2.21. The van der Waals surface area contributed by atoms with Crippen LogP contribution in [-0.2, 0) is 6.54 Å². The Kier molecular flexibility index (Phi) is 3.47. The summed E-state index contributed by atoms with van der Waals surface area (Å²) < 4.78 is 17.2. The summed E-state index contributed by atoms with van der Waals surface area (Å²) in [6.45, 7) is 1.13. The third-order valence-electron chi connectivity index (χ3n) is 4.20. The predicted octanol–water partition coefficient (Wildman–Crippen LogP) is 3.15. The smallest absolute Gasteiger partial charge is 0.231 e. The van der Waals surface area contributed by atoms with E-state index in [-0.39, 0.29) is 6.10 Å². The van der Waals surface area contributed by atoms with E-state index in [1.54, 1.807) is 0 Å². The summed E-state index contributed by atoms with van der Waals surface area (Å²) in [7, 11) is 0. The van der Waals surface area contributed by atoms with E-state index < -0.39 is 0 Å². The van der Waals surface area contributed by atoms with Gasteiger partial charge in [-0.15, -0.1) is 0 Å². The van der Waals surface area contributed by atoms with E-state index in [9.17, 15) is 0 Å². The van der Waals surface area contributed by atoms with E-state index in [1.165, 1.54) is 19.3 Å². The second-order valence-corrected chi connectivity index (χ2v) is 5.98. The Morgan fingerprint density at radius 1 is 1.14 bits per heavy atom. The third-order valence-corrected chi connectivity index (χ3v) is 4.20. The van der Waals surface area contributed by atoms with Gasteiger partial charge in [-0.05, 0) is 44.2 Å². The Labute approximate surface area is 125 Å². The Balaban J connectivity index is 1.56. The largest absolute Gasteiger partial charge is 0.486 e. The molecule has 1 fully saturated rings. The summed E-state index contributed by atoms with van der Waals surface area (Å²) in [6, 6.07) is 4.71. The highest BCUT2D eigenvalue weighted by molar-refractivity contribution is 5.52. The summed E-state index contributed by atoms with van der Waals surface area (Å²) in [5.74, 6) is 2.54. The summed E-state index contributed by atoms with van der Waals surface area (Å²) >= 11 is 0. The molecule has 0 bridgehead atoms. The van der Waals surface area contributed by atoms with Crippen molar-refractivity contribution in [2.24, 2.45) is 0 Å². The van der Waals surface area contributed by atoms with Crippen molar-refractivity contribution >= 4 is 0 Å². The molecule has 0 amide bonds. The molecule has 1 aromatic carbocycles. The minimum absolute atomic E-state index is 0.179. The van der Waals surface area contributed by atoms with Crippen molar-refractivity contribution in [1.82, 2.24) is 5.32 Å².